The van der Waals surface area contributed by atoms with Gasteiger partial charge in [0.2, 0.25) is 0 Å². The molecular weight excluding hydrogens is 220 g/mol. The van der Waals surface area contributed by atoms with Gasteiger partial charge < -0.3 is 9.64 Å². The molecule has 2 amide bonds. The summed E-state index contributed by atoms with van der Waals surface area (Å²) in [6.45, 7) is 0.958. The summed E-state index contributed by atoms with van der Waals surface area (Å²) in [7, 11) is 3.12. The Morgan fingerprint density at radius 1 is 1.29 bits per heavy atom. The fourth-order valence-corrected chi connectivity index (χ4v) is 1.49. The number of likely N-dealkylation sites (N-methyl/N-ethyl adjacent to an activating group) is 1. The van der Waals surface area contributed by atoms with Crippen LogP contribution < -0.4 is 10.2 Å². The van der Waals surface area contributed by atoms with E-state index in [1.54, 1.807) is 0 Å². The molecule has 0 radical (unpaired) electrons. The van der Waals surface area contributed by atoms with Crippen molar-refractivity contribution in [2.24, 2.45) is 0 Å². The number of carbonyl (C=O) groups is 2. The highest BCUT2D eigenvalue weighted by atomic mass is 16.5. The topological polar surface area (TPSA) is 59.8 Å². The molecule has 0 aliphatic heterocycles. The standard InChI is InChI=1S/C12H16N2O3/c1-14(8-10-6-4-3-5-7-10)9-11(15)13-12(16)17-2/h3-7H,8-9H2,1-2H3,(H,13,15,16)/p+1. The average Bonchev–Trinajstić information content (AvgIpc) is 2.29. The molecule has 0 spiro atoms. The maximum Gasteiger partial charge on any atom is 0.413 e. The Balaban J connectivity index is 2.37. The van der Waals surface area contributed by atoms with Crippen LogP contribution in [0.25, 0.3) is 0 Å². The maximum absolute atomic E-state index is 11.4. The van der Waals surface area contributed by atoms with E-state index >= 15 is 0 Å². The highest BCUT2D eigenvalue weighted by Gasteiger charge is 2.13. The van der Waals surface area contributed by atoms with Crippen LogP contribution in [0.5, 0.6) is 0 Å². The molecule has 1 atom stereocenters. The number of amides is 2. The van der Waals surface area contributed by atoms with E-state index in [4.69, 9.17) is 0 Å². The quantitative estimate of drug-likeness (QED) is 0.748. The van der Waals surface area contributed by atoms with Gasteiger partial charge in [-0.05, 0) is 0 Å². The van der Waals surface area contributed by atoms with Crippen molar-refractivity contribution < 1.29 is 19.2 Å². The van der Waals surface area contributed by atoms with Crippen LogP contribution in [0.15, 0.2) is 30.3 Å². The van der Waals surface area contributed by atoms with Crippen LogP contribution in [0, 0.1) is 0 Å². The zero-order valence-electron chi connectivity index (χ0n) is 10.0. The van der Waals surface area contributed by atoms with E-state index in [0.29, 0.717) is 0 Å². The Labute approximate surface area is 100 Å². The van der Waals surface area contributed by atoms with Gasteiger partial charge in [0.15, 0.2) is 6.54 Å². The summed E-state index contributed by atoms with van der Waals surface area (Å²) in [6, 6.07) is 9.86. The minimum atomic E-state index is -0.720. The predicted octanol–water partition coefficient (Wildman–Crippen LogP) is -0.416. The number of carbonyl (C=O) groups excluding carboxylic acids is 2. The van der Waals surface area contributed by atoms with Gasteiger partial charge in [-0.2, -0.15) is 0 Å². The summed E-state index contributed by atoms with van der Waals surface area (Å²) in [5.41, 5.74) is 1.15. The van der Waals surface area contributed by atoms with E-state index in [9.17, 15) is 9.59 Å². The summed E-state index contributed by atoms with van der Waals surface area (Å²) < 4.78 is 4.34. The van der Waals surface area contributed by atoms with Crippen molar-refractivity contribution in [2.75, 3.05) is 20.7 Å². The van der Waals surface area contributed by atoms with Gasteiger partial charge in [-0.1, -0.05) is 30.3 Å². The molecule has 0 saturated heterocycles. The van der Waals surface area contributed by atoms with Gasteiger partial charge in [-0.25, -0.2) is 4.79 Å². The van der Waals surface area contributed by atoms with Crippen LogP contribution in [-0.4, -0.2) is 32.7 Å². The minimum Gasteiger partial charge on any atom is -0.453 e. The molecule has 0 fully saturated rings. The average molecular weight is 237 g/mol. The van der Waals surface area contributed by atoms with Crippen molar-refractivity contribution in [2.45, 2.75) is 6.54 Å². The number of hydrogen-bond donors (Lipinski definition) is 2. The van der Waals surface area contributed by atoms with Crippen LogP contribution in [0.3, 0.4) is 0 Å². The number of rotatable bonds is 4. The molecule has 2 N–H and O–H groups in total. The summed E-state index contributed by atoms with van der Waals surface area (Å²) >= 11 is 0. The minimum absolute atomic E-state index is 0.226. The number of hydrogen-bond acceptors (Lipinski definition) is 3. The number of alkyl carbamates (subject to hydrolysis) is 1. The lowest BCUT2D eigenvalue weighted by Crippen LogP contribution is -3.08. The van der Waals surface area contributed by atoms with Crippen molar-refractivity contribution in [3.8, 4) is 0 Å². The van der Waals surface area contributed by atoms with Gasteiger partial charge in [-0.3, -0.25) is 10.1 Å². The van der Waals surface area contributed by atoms with E-state index in [1.807, 2.05) is 37.4 Å². The van der Waals surface area contributed by atoms with Crippen LogP contribution in [0.1, 0.15) is 5.56 Å². The van der Waals surface area contributed by atoms with Crippen molar-refractivity contribution >= 4 is 12.0 Å². The molecule has 5 heteroatoms. The Hall–Kier alpha value is -1.88. The maximum atomic E-state index is 11.4. The van der Waals surface area contributed by atoms with Crippen molar-refractivity contribution in [3.63, 3.8) is 0 Å². The fourth-order valence-electron chi connectivity index (χ4n) is 1.49. The summed E-state index contributed by atoms with van der Waals surface area (Å²) in [5.74, 6) is -0.342. The second-order valence-corrected chi connectivity index (χ2v) is 3.84. The predicted molar refractivity (Wildman–Crippen MR) is 62.4 cm³/mol. The molecule has 17 heavy (non-hydrogen) atoms. The molecule has 0 aliphatic carbocycles. The Bertz CT molecular complexity index is 379. The van der Waals surface area contributed by atoms with Crippen molar-refractivity contribution in [1.29, 1.82) is 0 Å². The second kappa shape index (κ2) is 6.65. The van der Waals surface area contributed by atoms with Crippen LogP contribution in [-0.2, 0) is 16.1 Å². The number of nitrogens with one attached hydrogen (secondary N) is 2. The van der Waals surface area contributed by atoms with E-state index in [2.05, 4.69) is 10.1 Å². The van der Waals surface area contributed by atoms with Crippen molar-refractivity contribution in [3.05, 3.63) is 35.9 Å². The van der Waals surface area contributed by atoms with Crippen LogP contribution >= 0.6 is 0 Å². The van der Waals surface area contributed by atoms with Gasteiger partial charge in [0, 0.05) is 5.56 Å². The zero-order chi connectivity index (χ0) is 12.7. The number of imide groups is 1. The lowest BCUT2D eigenvalue weighted by atomic mass is 10.2. The van der Waals surface area contributed by atoms with Gasteiger partial charge in [0.05, 0.1) is 14.2 Å². The monoisotopic (exact) mass is 237 g/mol. The Morgan fingerprint density at radius 3 is 2.53 bits per heavy atom. The fraction of sp³-hybridized carbons (Fsp3) is 0.333. The molecule has 92 valence electrons. The Kier molecular flexibility index (Phi) is 5.16. The van der Waals surface area contributed by atoms with Gasteiger partial charge in [0.1, 0.15) is 6.54 Å². The normalized spacial score (nSPS) is 11.6. The SMILES string of the molecule is COC(=O)NC(=O)C[NH+](C)Cc1ccccc1. The smallest absolute Gasteiger partial charge is 0.413 e. The molecule has 0 bridgehead atoms. The highest BCUT2D eigenvalue weighted by molar-refractivity contribution is 5.92. The number of quaternary nitrogens is 1. The lowest BCUT2D eigenvalue weighted by molar-refractivity contribution is -0.885. The lowest BCUT2D eigenvalue weighted by Gasteiger charge is -2.13. The van der Waals surface area contributed by atoms with Crippen LogP contribution in [0.2, 0.25) is 0 Å². The first-order valence-electron chi connectivity index (χ1n) is 5.35. The van der Waals surface area contributed by atoms with E-state index in [-0.39, 0.29) is 12.5 Å². The molecule has 1 rings (SSSR count). The summed E-state index contributed by atoms with van der Waals surface area (Å²) in [4.78, 5) is 23.2. The third-order valence-electron chi connectivity index (χ3n) is 2.24. The Morgan fingerprint density at radius 2 is 1.94 bits per heavy atom. The number of methoxy groups -OCH3 is 1. The van der Waals surface area contributed by atoms with Gasteiger partial charge in [-0.15, -0.1) is 0 Å². The first-order valence-corrected chi connectivity index (χ1v) is 5.35. The third kappa shape index (κ3) is 5.12. The molecule has 1 aromatic rings. The number of benzene rings is 1. The molecule has 0 heterocycles. The molecule has 1 unspecified atom stereocenters. The van der Waals surface area contributed by atoms with E-state index in [0.717, 1.165) is 17.0 Å². The summed E-state index contributed by atoms with van der Waals surface area (Å²) in [6.07, 6.45) is -0.720. The molecule has 0 aromatic heterocycles. The highest BCUT2D eigenvalue weighted by Crippen LogP contribution is 1.94. The summed E-state index contributed by atoms with van der Waals surface area (Å²) in [5, 5.41) is 2.13. The first kappa shape index (κ1) is 13.2. The first-order chi connectivity index (χ1) is 8.11. The van der Waals surface area contributed by atoms with E-state index in [1.165, 1.54) is 7.11 Å². The third-order valence-corrected chi connectivity index (χ3v) is 2.24. The zero-order valence-corrected chi connectivity index (χ0v) is 10.0. The van der Waals surface area contributed by atoms with Crippen molar-refractivity contribution in [1.82, 2.24) is 5.32 Å². The number of ether oxygens (including phenoxy) is 1. The largest absolute Gasteiger partial charge is 0.453 e. The van der Waals surface area contributed by atoms with Crippen LogP contribution in [0.4, 0.5) is 4.79 Å². The molecule has 5 nitrogen and oxygen atoms in total. The molecule has 1 aromatic carbocycles. The van der Waals surface area contributed by atoms with Gasteiger partial charge >= 0.3 is 6.09 Å². The second-order valence-electron chi connectivity index (χ2n) is 3.84. The van der Waals surface area contributed by atoms with E-state index < -0.39 is 6.09 Å². The molecule has 0 aliphatic rings. The molecular formula is C12H17N2O3+. The van der Waals surface area contributed by atoms with Gasteiger partial charge in [0.25, 0.3) is 5.91 Å². The molecule has 0 saturated carbocycles.